The van der Waals surface area contributed by atoms with Crippen molar-refractivity contribution in [1.82, 2.24) is 0 Å². The number of fused-ring (bicyclic) bond motifs is 8. The predicted octanol–water partition coefficient (Wildman–Crippen LogP) is 15.0. The van der Waals surface area contributed by atoms with Gasteiger partial charge in [-0.15, -0.1) is 0 Å². The van der Waals surface area contributed by atoms with Crippen LogP contribution in [0.15, 0.2) is 205 Å². The Morgan fingerprint density at radius 3 is 1.65 bits per heavy atom. The van der Waals surface area contributed by atoms with Crippen molar-refractivity contribution in [2.75, 3.05) is 4.90 Å². The van der Waals surface area contributed by atoms with Gasteiger partial charge in [-0.05, 0) is 102 Å². The average Bonchev–Trinajstić information content (AvgIpc) is 3.64. The number of benzene rings is 10. The van der Waals surface area contributed by atoms with Crippen molar-refractivity contribution in [1.29, 1.82) is 0 Å². The van der Waals surface area contributed by atoms with Crippen LogP contribution in [0, 0.1) is 0 Å². The Labute approximate surface area is 312 Å². The Kier molecular flexibility index (Phi) is 6.90. The normalized spacial score (nSPS) is 11.7. The zero-order valence-corrected chi connectivity index (χ0v) is 29.4. The summed E-state index contributed by atoms with van der Waals surface area (Å²) in [6.07, 6.45) is 0. The summed E-state index contributed by atoms with van der Waals surface area (Å²) in [4.78, 5) is 2.40. The number of hydrogen-bond acceptors (Lipinski definition) is 2. The van der Waals surface area contributed by atoms with E-state index in [-0.39, 0.29) is 0 Å². The molecule has 1 aromatic heterocycles. The molecule has 10 aromatic carbocycles. The third-order valence-electron chi connectivity index (χ3n) is 11.0. The SMILES string of the molecule is c1ccc2c(-c3ccc(N(c4ccc5c(ccc6ccccc65)c4)c4ccc(-c5cccc6ccccc56)c5oc6ccccc6c45)cc3)cccc2c1. The highest BCUT2D eigenvalue weighted by Crippen LogP contribution is 2.47. The molecular weight excluding hydrogens is 655 g/mol. The summed E-state index contributed by atoms with van der Waals surface area (Å²) < 4.78 is 6.86. The molecule has 0 aliphatic rings. The lowest BCUT2D eigenvalue weighted by Crippen LogP contribution is -2.10. The molecule has 54 heavy (non-hydrogen) atoms. The minimum Gasteiger partial charge on any atom is -0.455 e. The van der Waals surface area contributed by atoms with E-state index in [4.69, 9.17) is 4.42 Å². The fraction of sp³-hybridized carbons (Fsp3) is 0. The van der Waals surface area contributed by atoms with E-state index in [2.05, 4.69) is 205 Å². The smallest absolute Gasteiger partial charge is 0.145 e. The molecule has 0 bridgehead atoms. The Bertz CT molecular complexity index is 3220. The van der Waals surface area contributed by atoms with Crippen LogP contribution in [0.4, 0.5) is 17.1 Å². The molecule has 2 heteroatoms. The number of rotatable bonds is 5. The number of para-hydroxylation sites is 1. The molecule has 11 rings (SSSR count). The van der Waals surface area contributed by atoms with Crippen LogP contribution < -0.4 is 4.90 Å². The Morgan fingerprint density at radius 1 is 0.333 bits per heavy atom. The summed E-state index contributed by atoms with van der Waals surface area (Å²) in [5, 5.41) is 12.0. The predicted molar refractivity (Wildman–Crippen MR) is 229 cm³/mol. The first-order valence-electron chi connectivity index (χ1n) is 18.5. The number of furan rings is 1. The van der Waals surface area contributed by atoms with Gasteiger partial charge >= 0.3 is 0 Å². The van der Waals surface area contributed by atoms with Crippen molar-refractivity contribution in [3.63, 3.8) is 0 Å². The largest absolute Gasteiger partial charge is 0.455 e. The summed E-state index contributed by atoms with van der Waals surface area (Å²) in [5.41, 5.74) is 9.63. The summed E-state index contributed by atoms with van der Waals surface area (Å²) >= 11 is 0. The van der Waals surface area contributed by atoms with Gasteiger partial charge in [-0.1, -0.05) is 158 Å². The molecular formula is C52H33NO. The lowest BCUT2D eigenvalue weighted by molar-refractivity contribution is 0.670. The quantitative estimate of drug-likeness (QED) is 0.168. The molecule has 2 nitrogen and oxygen atoms in total. The third-order valence-corrected chi connectivity index (χ3v) is 11.0. The molecule has 1 heterocycles. The Hall–Kier alpha value is -7.16. The Morgan fingerprint density at radius 2 is 0.889 bits per heavy atom. The minimum absolute atomic E-state index is 0.873. The Balaban J connectivity index is 1.16. The zero-order chi connectivity index (χ0) is 35.6. The minimum atomic E-state index is 0.873. The van der Waals surface area contributed by atoms with Crippen LogP contribution in [0.2, 0.25) is 0 Å². The fourth-order valence-corrected chi connectivity index (χ4v) is 8.50. The highest BCUT2D eigenvalue weighted by molar-refractivity contribution is 6.19. The summed E-state index contributed by atoms with van der Waals surface area (Å²) in [7, 11) is 0. The van der Waals surface area contributed by atoms with Gasteiger partial charge in [0.05, 0.1) is 11.1 Å². The van der Waals surface area contributed by atoms with Crippen LogP contribution >= 0.6 is 0 Å². The maximum Gasteiger partial charge on any atom is 0.145 e. The molecule has 0 saturated carbocycles. The fourth-order valence-electron chi connectivity index (χ4n) is 8.50. The zero-order valence-electron chi connectivity index (χ0n) is 29.4. The molecule has 0 unspecified atom stereocenters. The molecule has 0 atom stereocenters. The van der Waals surface area contributed by atoms with E-state index >= 15 is 0 Å². The number of anilines is 3. The van der Waals surface area contributed by atoms with Crippen LogP contribution in [-0.4, -0.2) is 0 Å². The van der Waals surface area contributed by atoms with Crippen LogP contribution in [0.1, 0.15) is 0 Å². The van der Waals surface area contributed by atoms with Crippen LogP contribution in [0.25, 0.3) is 87.3 Å². The van der Waals surface area contributed by atoms with Gasteiger partial charge in [0.25, 0.3) is 0 Å². The van der Waals surface area contributed by atoms with Gasteiger partial charge in [0, 0.05) is 22.3 Å². The highest BCUT2D eigenvalue weighted by atomic mass is 16.3. The topological polar surface area (TPSA) is 16.4 Å². The maximum atomic E-state index is 6.86. The molecule has 0 aliphatic carbocycles. The average molecular weight is 688 g/mol. The second-order valence-corrected chi connectivity index (χ2v) is 14.1. The van der Waals surface area contributed by atoms with Crippen molar-refractivity contribution in [2.24, 2.45) is 0 Å². The van der Waals surface area contributed by atoms with E-state index in [1.807, 2.05) is 0 Å². The van der Waals surface area contributed by atoms with Crippen molar-refractivity contribution in [3.05, 3.63) is 200 Å². The monoisotopic (exact) mass is 687 g/mol. The van der Waals surface area contributed by atoms with Gasteiger partial charge in [-0.2, -0.15) is 0 Å². The van der Waals surface area contributed by atoms with Crippen molar-refractivity contribution in [3.8, 4) is 22.3 Å². The summed E-state index contributed by atoms with van der Waals surface area (Å²) in [6.45, 7) is 0. The molecule has 252 valence electrons. The van der Waals surface area contributed by atoms with E-state index in [9.17, 15) is 0 Å². The number of nitrogens with zero attached hydrogens (tertiary/aromatic N) is 1. The van der Waals surface area contributed by atoms with Crippen LogP contribution in [0.5, 0.6) is 0 Å². The first-order chi connectivity index (χ1) is 26.8. The van der Waals surface area contributed by atoms with Crippen LogP contribution in [-0.2, 0) is 0 Å². The molecule has 0 saturated heterocycles. The first-order valence-corrected chi connectivity index (χ1v) is 18.5. The van der Waals surface area contributed by atoms with Gasteiger partial charge in [0.15, 0.2) is 0 Å². The molecule has 0 spiro atoms. The molecule has 11 aromatic rings. The van der Waals surface area contributed by atoms with E-state index in [1.165, 1.54) is 54.2 Å². The van der Waals surface area contributed by atoms with Crippen molar-refractivity contribution < 1.29 is 4.42 Å². The second kappa shape index (κ2) is 12.2. The van der Waals surface area contributed by atoms with Crippen LogP contribution in [0.3, 0.4) is 0 Å². The second-order valence-electron chi connectivity index (χ2n) is 14.1. The summed E-state index contributed by atoms with van der Waals surface area (Å²) in [5.74, 6) is 0. The standard InChI is InChI=1S/C52H33NO/c1-4-16-41-34(11-1)14-9-20-43(41)37-25-27-39(28-26-37)53(40-29-30-45-38(33-40)24-23-36-13-3-5-17-42(36)45)49-32-31-47(46-21-10-15-35-12-2-6-18-44(35)46)52-51(49)48-19-7-8-22-50(48)54-52/h1-33H. The van der Waals surface area contributed by atoms with E-state index in [0.29, 0.717) is 0 Å². The molecule has 0 radical (unpaired) electrons. The molecule has 0 N–H and O–H groups in total. The van der Waals surface area contributed by atoms with E-state index < -0.39 is 0 Å². The third kappa shape index (κ3) is 4.81. The first kappa shape index (κ1) is 30.5. The van der Waals surface area contributed by atoms with Gasteiger partial charge in [0.2, 0.25) is 0 Å². The lowest BCUT2D eigenvalue weighted by Gasteiger charge is -2.27. The van der Waals surface area contributed by atoms with E-state index in [0.717, 1.165) is 50.1 Å². The summed E-state index contributed by atoms with van der Waals surface area (Å²) in [6, 6.07) is 72.2. The molecule has 0 aliphatic heterocycles. The van der Waals surface area contributed by atoms with Gasteiger partial charge < -0.3 is 9.32 Å². The number of hydrogen-bond donors (Lipinski definition) is 0. The van der Waals surface area contributed by atoms with Crippen molar-refractivity contribution in [2.45, 2.75) is 0 Å². The van der Waals surface area contributed by atoms with Gasteiger partial charge in [-0.25, -0.2) is 0 Å². The van der Waals surface area contributed by atoms with Gasteiger partial charge in [0.1, 0.15) is 11.2 Å². The maximum absolute atomic E-state index is 6.86. The molecule has 0 amide bonds. The van der Waals surface area contributed by atoms with Gasteiger partial charge in [-0.3, -0.25) is 0 Å². The van der Waals surface area contributed by atoms with E-state index in [1.54, 1.807) is 0 Å². The lowest BCUT2D eigenvalue weighted by atomic mass is 9.95. The van der Waals surface area contributed by atoms with Crippen molar-refractivity contribution >= 4 is 82.1 Å². The highest BCUT2D eigenvalue weighted by Gasteiger charge is 2.23. The molecule has 0 fully saturated rings.